The van der Waals surface area contributed by atoms with Gasteiger partial charge in [0.15, 0.2) is 5.82 Å². The molecule has 0 atom stereocenters. The van der Waals surface area contributed by atoms with Crippen LogP contribution in [-0.4, -0.2) is 26.8 Å². The standard InChI is InChI=1S/C14H14ClN3O2/c1-10(2)20-13(19)7-8-18-9-16-14(17-18)11-3-5-12(15)6-4-11/h3-10H,1-2H3/b8-7+. The van der Waals surface area contributed by atoms with Gasteiger partial charge in [0.2, 0.25) is 0 Å². The first-order valence-corrected chi connectivity index (χ1v) is 6.48. The molecule has 5 nitrogen and oxygen atoms in total. The summed E-state index contributed by atoms with van der Waals surface area (Å²) < 4.78 is 6.42. The normalized spacial score (nSPS) is 11.2. The lowest BCUT2D eigenvalue weighted by Gasteiger charge is -2.03. The van der Waals surface area contributed by atoms with E-state index < -0.39 is 5.97 Å². The zero-order valence-corrected chi connectivity index (χ0v) is 11.9. The Morgan fingerprint density at radius 2 is 2.05 bits per heavy atom. The average molecular weight is 292 g/mol. The molecule has 1 aromatic carbocycles. The predicted octanol–water partition coefficient (Wildman–Crippen LogP) is 3.02. The van der Waals surface area contributed by atoms with Gasteiger partial charge in [0.25, 0.3) is 0 Å². The summed E-state index contributed by atoms with van der Waals surface area (Å²) in [5, 5.41) is 4.89. The first kappa shape index (κ1) is 14.3. The van der Waals surface area contributed by atoms with Crippen molar-refractivity contribution >= 4 is 23.8 Å². The van der Waals surface area contributed by atoms with Crippen molar-refractivity contribution in [1.29, 1.82) is 0 Å². The molecule has 0 amide bonds. The Morgan fingerprint density at radius 3 is 2.70 bits per heavy atom. The highest BCUT2D eigenvalue weighted by atomic mass is 35.5. The highest BCUT2D eigenvalue weighted by Gasteiger charge is 2.04. The van der Waals surface area contributed by atoms with Crippen molar-refractivity contribution in [3.05, 3.63) is 41.7 Å². The van der Waals surface area contributed by atoms with Crippen LogP contribution in [-0.2, 0) is 9.53 Å². The van der Waals surface area contributed by atoms with E-state index in [9.17, 15) is 4.79 Å². The van der Waals surface area contributed by atoms with Gasteiger partial charge >= 0.3 is 5.97 Å². The number of nitrogens with zero attached hydrogens (tertiary/aromatic N) is 3. The molecule has 104 valence electrons. The maximum Gasteiger partial charge on any atom is 0.332 e. The fourth-order valence-electron chi connectivity index (χ4n) is 1.49. The van der Waals surface area contributed by atoms with E-state index in [1.165, 1.54) is 23.3 Å². The van der Waals surface area contributed by atoms with Gasteiger partial charge in [-0.15, -0.1) is 5.10 Å². The fourth-order valence-corrected chi connectivity index (χ4v) is 1.61. The van der Waals surface area contributed by atoms with Crippen LogP contribution in [0.1, 0.15) is 13.8 Å². The molecule has 0 radical (unpaired) electrons. The largest absolute Gasteiger partial charge is 0.460 e. The van der Waals surface area contributed by atoms with Crippen LogP contribution in [0.15, 0.2) is 36.7 Å². The van der Waals surface area contributed by atoms with Crippen LogP contribution < -0.4 is 0 Å². The van der Waals surface area contributed by atoms with E-state index in [0.717, 1.165) is 5.56 Å². The Labute approximate surface area is 121 Å². The van der Waals surface area contributed by atoms with Crippen LogP contribution in [0.5, 0.6) is 0 Å². The molecule has 0 aliphatic heterocycles. The second kappa shape index (κ2) is 6.34. The van der Waals surface area contributed by atoms with Crippen LogP contribution in [0.25, 0.3) is 17.6 Å². The van der Waals surface area contributed by atoms with E-state index in [1.54, 1.807) is 26.0 Å². The third-order valence-corrected chi connectivity index (χ3v) is 2.58. The Bertz CT molecular complexity index is 618. The number of aromatic nitrogens is 3. The fraction of sp³-hybridized carbons (Fsp3) is 0.214. The number of carbonyl (C=O) groups is 1. The van der Waals surface area contributed by atoms with Crippen LogP contribution in [0.3, 0.4) is 0 Å². The molecule has 20 heavy (non-hydrogen) atoms. The highest BCUT2D eigenvalue weighted by Crippen LogP contribution is 2.17. The summed E-state index contributed by atoms with van der Waals surface area (Å²) in [6.45, 7) is 3.58. The summed E-state index contributed by atoms with van der Waals surface area (Å²) in [5.74, 6) is 0.145. The number of rotatable bonds is 4. The molecule has 0 fully saturated rings. The number of ether oxygens (including phenoxy) is 1. The van der Waals surface area contributed by atoms with E-state index in [0.29, 0.717) is 10.8 Å². The molecule has 0 saturated heterocycles. The van der Waals surface area contributed by atoms with Gasteiger partial charge in [-0.3, -0.25) is 0 Å². The number of hydrogen-bond donors (Lipinski definition) is 0. The van der Waals surface area contributed by atoms with Gasteiger partial charge in [-0.2, -0.15) is 0 Å². The molecule has 0 aliphatic rings. The molecule has 0 aliphatic carbocycles. The molecule has 0 unspecified atom stereocenters. The summed E-state index contributed by atoms with van der Waals surface area (Å²) in [4.78, 5) is 15.5. The van der Waals surface area contributed by atoms with E-state index in [-0.39, 0.29) is 6.10 Å². The van der Waals surface area contributed by atoms with Crippen molar-refractivity contribution in [3.8, 4) is 11.4 Å². The summed E-state index contributed by atoms with van der Waals surface area (Å²) in [7, 11) is 0. The van der Waals surface area contributed by atoms with Gasteiger partial charge in [0.1, 0.15) is 6.33 Å². The predicted molar refractivity (Wildman–Crippen MR) is 77.0 cm³/mol. The first-order valence-electron chi connectivity index (χ1n) is 6.10. The Morgan fingerprint density at radius 1 is 1.35 bits per heavy atom. The Hall–Kier alpha value is -2.14. The third-order valence-electron chi connectivity index (χ3n) is 2.33. The van der Waals surface area contributed by atoms with Crippen molar-refractivity contribution in [2.45, 2.75) is 20.0 Å². The second-order valence-corrected chi connectivity index (χ2v) is 4.79. The van der Waals surface area contributed by atoms with Crippen molar-refractivity contribution in [3.63, 3.8) is 0 Å². The van der Waals surface area contributed by atoms with Crippen molar-refractivity contribution in [2.24, 2.45) is 0 Å². The van der Waals surface area contributed by atoms with Crippen LogP contribution in [0, 0.1) is 0 Å². The van der Waals surface area contributed by atoms with Gasteiger partial charge in [-0.1, -0.05) is 11.6 Å². The smallest absolute Gasteiger partial charge is 0.332 e. The SMILES string of the molecule is CC(C)OC(=O)/C=C/n1cnc(-c2ccc(Cl)cc2)n1. The molecule has 0 spiro atoms. The number of esters is 1. The minimum absolute atomic E-state index is 0.146. The molecule has 2 rings (SSSR count). The van der Waals surface area contributed by atoms with Gasteiger partial charge in [0.05, 0.1) is 6.10 Å². The summed E-state index contributed by atoms with van der Waals surface area (Å²) in [6.07, 6.45) is 4.17. The Kier molecular flexibility index (Phi) is 4.53. The number of halogens is 1. The van der Waals surface area contributed by atoms with E-state index in [2.05, 4.69) is 10.1 Å². The van der Waals surface area contributed by atoms with E-state index in [1.807, 2.05) is 12.1 Å². The topological polar surface area (TPSA) is 57.0 Å². The molecular weight excluding hydrogens is 278 g/mol. The van der Waals surface area contributed by atoms with Crippen molar-refractivity contribution in [2.75, 3.05) is 0 Å². The lowest BCUT2D eigenvalue weighted by atomic mass is 10.2. The van der Waals surface area contributed by atoms with Gasteiger partial charge < -0.3 is 4.74 Å². The summed E-state index contributed by atoms with van der Waals surface area (Å²) >= 11 is 5.82. The molecule has 2 aromatic rings. The van der Waals surface area contributed by atoms with E-state index in [4.69, 9.17) is 16.3 Å². The van der Waals surface area contributed by atoms with Crippen molar-refractivity contribution < 1.29 is 9.53 Å². The van der Waals surface area contributed by atoms with Crippen molar-refractivity contribution in [1.82, 2.24) is 14.8 Å². The maximum absolute atomic E-state index is 11.4. The van der Waals surface area contributed by atoms with Gasteiger partial charge in [-0.05, 0) is 38.1 Å². The monoisotopic (exact) mass is 291 g/mol. The molecule has 1 heterocycles. The quantitative estimate of drug-likeness (QED) is 0.642. The summed E-state index contributed by atoms with van der Waals surface area (Å²) in [6, 6.07) is 7.21. The average Bonchev–Trinajstić information content (AvgIpc) is 2.85. The van der Waals surface area contributed by atoms with E-state index >= 15 is 0 Å². The molecule has 0 N–H and O–H groups in total. The van der Waals surface area contributed by atoms with Gasteiger partial charge in [-0.25, -0.2) is 14.5 Å². The van der Waals surface area contributed by atoms with Gasteiger partial charge in [0, 0.05) is 22.9 Å². The zero-order valence-electron chi connectivity index (χ0n) is 11.2. The Balaban J connectivity index is 2.07. The maximum atomic E-state index is 11.4. The number of benzene rings is 1. The molecular formula is C14H14ClN3O2. The first-order chi connectivity index (χ1) is 9.54. The molecule has 0 bridgehead atoms. The van der Waals surface area contributed by atoms with Crippen LogP contribution in [0.2, 0.25) is 5.02 Å². The summed E-state index contributed by atoms with van der Waals surface area (Å²) in [5.41, 5.74) is 0.853. The molecule has 0 saturated carbocycles. The lowest BCUT2D eigenvalue weighted by Crippen LogP contribution is -2.08. The van der Waals surface area contributed by atoms with Crippen LogP contribution >= 0.6 is 11.6 Å². The molecule has 6 heteroatoms. The lowest BCUT2D eigenvalue weighted by molar-refractivity contribution is -0.141. The third kappa shape index (κ3) is 3.93. The zero-order chi connectivity index (χ0) is 14.5. The minimum Gasteiger partial charge on any atom is -0.460 e. The minimum atomic E-state index is -0.413. The molecule has 1 aromatic heterocycles. The number of hydrogen-bond acceptors (Lipinski definition) is 4. The second-order valence-electron chi connectivity index (χ2n) is 4.36. The van der Waals surface area contributed by atoms with Crippen LogP contribution in [0.4, 0.5) is 0 Å². The number of carbonyl (C=O) groups excluding carboxylic acids is 1. The highest BCUT2D eigenvalue weighted by molar-refractivity contribution is 6.30.